The zero-order chi connectivity index (χ0) is 31.7. The standard InChI is InChI=1S/C28H41F5O10/c1-2-3-4-5-6-21(34)42-20-19-41-18-17-40-16-15-39-14-13-38-12-11-37-10-9-36-8-7-22(35)43-28-26(32)24(30)23(29)25(31)27(28)33/h2-20H2,1H3. The maximum atomic E-state index is 13.5. The number of halogens is 5. The van der Waals surface area contributed by atoms with Gasteiger partial charge in [-0.1, -0.05) is 26.2 Å². The van der Waals surface area contributed by atoms with Gasteiger partial charge in [-0.2, -0.15) is 8.78 Å². The first-order valence-electron chi connectivity index (χ1n) is 14.1. The summed E-state index contributed by atoms with van der Waals surface area (Å²) in [6.07, 6.45) is 4.10. The summed E-state index contributed by atoms with van der Waals surface area (Å²) in [5.41, 5.74) is 0. The van der Waals surface area contributed by atoms with Crippen molar-refractivity contribution < 1.29 is 69.4 Å². The molecule has 0 aliphatic rings. The monoisotopic (exact) mass is 632 g/mol. The number of hydrogen-bond donors (Lipinski definition) is 0. The van der Waals surface area contributed by atoms with Crippen molar-refractivity contribution in [2.24, 2.45) is 0 Å². The zero-order valence-corrected chi connectivity index (χ0v) is 24.4. The highest BCUT2D eigenvalue weighted by Gasteiger charge is 2.28. The van der Waals surface area contributed by atoms with Gasteiger partial charge in [0, 0.05) is 6.42 Å². The highest BCUT2D eigenvalue weighted by Crippen LogP contribution is 2.29. The van der Waals surface area contributed by atoms with Gasteiger partial charge in [-0.05, 0) is 6.42 Å². The lowest BCUT2D eigenvalue weighted by Gasteiger charge is -2.09. The van der Waals surface area contributed by atoms with Crippen LogP contribution in [0.4, 0.5) is 22.0 Å². The summed E-state index contributed by atoms with van der Waals surface area (Å²) >= 11 is 0. The predicted octanol–water partition coefficient (Wildman–Crippen LogP) is 4.29. The minimum Gasteiger partial charge on any atom is -0.463 e. The van der Waals surface area contributed by atoms with Crippen molar-refractivity contribution in [2.45, 2.75) is 45.4 Å². The van der Waals surface area contributed by atoms with Gasteiger partial charge >= 0.3 is 11.9 Å². The van der Waals surface area contributed by atoms with Crippen molar-refractivity contribution in [3.05, 3.63) is 29.1 Å². The molecule has 0 spiro atoms. The SMILES string of the molecule is CCCCCCC(=O)OCCOCCOCCOCCOCCOCCOCCC(=O)Oc1c(F)c(F)c(F)c(F)c1F. The van der Waals surface area contributed by atoms with Crippen molar-refractivity contribution in [2.75, 3.05) is 85.9 Å². The Bertz CT molecular complexity index is 893. The van der Waals surface area contributed by atoms with Gasteiger partial charge in [0.25, 0.3) is 0 Å². The topological polar surface area (TPSA) is 108 Å². The van der Waals surface area contributed by atoms with Gasteiger partial charge in [-0.15, -0.1) is 0 Å². The van der Waals surface area contributed by atoms with Crippen LogP contribution >= 0.6 is 0 Å². The van der Waals surface area contributed by atoms with Crippen molar-refractivity contribution in [3.8, 4) is 5.75 Å². The van der Waals surface area contributed by atoms with E-state index in [1.54, 1.807) is 0 Å². The van der Waals surface area contributed by atoms with Crippen LogP contribution in [0.5, 0.6) is 5.75 Å². The number of hydrogen-bond acceptors (Lipinski definition) is 10. The maximum absolute atomic E-state index is 13.5. The first kappa shape index (κ1) is 38.6. The molecule has 1 aromatic carbocycles. The largest absolute Gasteiger partial charge is 0.463 e. The molecule has 0 radical (unpaired) electrons. The van der Waals surface area contributed by atoms with E-state index in [4.69, 9.17) is 33.2 Å². The number of carbonyl (C=O) groups is 2. The predicted molar refractivity (Wildman–Crippen MR) is 141 cm³/mol. The highest BCUT2D eigenvalue weighted by molar-refractivity contribution is 5.72. The second kappa shape index (κ2) is 25.0. The number of benzene rings is 1. The fourth-order valence-electron chi connectivity index (χ4n) is 3.18. The van der Waals surface area contributed by atoms with Crippen LogP contribution in [0.15, 0.2) is 0 Å². The molecule has 15 heteroatoms. The average molecular weight is 633 g/mol. The molecule has 1 rings (SSSR count). The van der Waals surface area contributed by atoms with Crippen molar-refractivity contribution in [3.63, 3.8) is 0 Å². The Kier molecular flexibility index (Phi) is 22.4. The zero-order valence-electron chi connectivity index (χ0n) is 24.4. The molecule has 0 fully saturated rings. The smallest absolute Gasteiger partial charge is 0.313 e. The van der Waals surface area contributed by atoms with Gasteiger partial charge in [-0.3, -0.25) is 9.59 Å². The van der Waals surface area contributed by atoms with Crippen LogP contribution in [0.1, 0.15) is 45.4 Å². The Morgan fingerprint density at radius 1 is 0.465 bits per heavy atom. The molecule has 0 aliphatic heterocycles. The Balaban J connectivity index is 1.84. The first-order chi connectivity index (χ1) is 20.8. The Labute approximate surface area is 248 Å². The van der Waals surface area contributed by atoms with Gasteiger partial charge < -0.3 is 37.9 Å². The van der Waals surface area contributed by atoms with Crippen molar-refractivity contribution in [1.82, 2.24) is 0 Å². The molecular formula is C28H41F5O10. The van der Waals surface area contributed by atoms with Crippen LogP contribution in [-0.4, -0.2) is 97.8 Å². The molecule has 0 bridgehead atoms. The maximum Gasteiger partial charge on any atom is 0.313 e. The molecule has 248 valence electrons. The number of rotatable bonds is 27. The third-order valence-electron chi connectivity index (χ3n) is 5.42. The van der Waals surface area contributed by atoms with Crippen molar-refractivity contribution >= 4 is 11.9 Å². The normalized spacial score (nSPS) is 11.2. The molecule has 1 aromatic rings. The van der Waals surface area contributed by atoms with E-state index in [2.05, 4.69) is 11.7 Å². The molecule has 0 unspecified atom stereocenters. The summed E-state index contributed by atoms with van der Waals surface area (Å²) in [7, 11) is 0. The fourth-order valence-corrected chi connectivity index (χ4v) is 3.18. The van der Waals surface area contributed by atoms with Crippen LogP contribution in [0, 0.1) is 29.1 Å². The molecule has 10 nitrogen and oxygen atoms in total. The van der Waals surface area contributed by atoms with E-state index in [-0.39, 0.29) is 39.0 Å². The lowest BCUT2D eigenvalue weighted by molar-refractivity contribution is -0.145. The highest BCUT2D eigenvalue weighted by atomic mass is 19.2. The van der Waals surface area contributed by atoms with E-state index < -0.39 is 47.2 Å². The molecule has 0 amide bonds. The summed E-state index contributed by atoms with van der Waals surface area (Å²) < 4.78 is 107. The van der Waals surface area contributed by atoms with Gasteiger partial charge in [0.1, 0.15) is 6.61 Å². The number of carbonyl (C=O) groups excluding carboxylic acids is 2. The van der Waals surface area contributed by atoms with Gasteiger partial charge in [0.05, 0.1) is 85.7 Å². The number of ether oxygens (including phenoxy) is 8. The van der Waals surface area contributed by atoms with E-state index in [0.717, 1.165) is 25.7 Å². The summed E-state index contributed by atoms with van der Waals surface area (Å²) in [6, 6.07) is 0. The summed E-state index contributed by atoms with van der Waals surface area (Å²) in [5, 5.41) is 0. The second-order valence-electron chi connectivity index (χ2n) is 8.83. The molecule has 0 saturated carbocycles. The minimum atomic E-state index is -2.35. The minimum absolute atomic E-state index is 0.0800. The molecule has 0 N–H and O–H groups in total. The molecular weight excluding hydrogens is 591 g/mol. The first-order valence-corrected chi connectivity index (χ1v) is 14.1. The Morgan fingerprint density at radius 2 is 0.860 bits per heavy atom. The van der Waals surface area contributed by atoms with E-state index >= 15 is 0 Å². The molecule has 0 aromatic heterocycles. The Morgan fingerprint density at radius 3 is 1.30 bits per heavy atom. The van der Waals surface area contributed by atoms with Crippen molar-refractivity contribution in [1.29, 1.82) is 0 Å². The quantitative estimate of drug-likeness (QED) is 0.0348. The second-order valence-corrected chi connectivity index (χ2v) is 8.83. The van der Waals surface area contributed by atoms with E-state index in [1.807, 2.05) is 0 Å². The third-order valence-corrected chi connectivity index (χ3v) is 5.42. The summed E-state index contributed by atoms with van der Waals surface area (Å²) in [5.74, 6) is -14.3. The van der Waals surface area contributed by atoms with Crippen LogP contribution in [0.25, 0.3) is 0 Å². The van der Waals surface area contributed by atoms with Crippen LogP contribution in [0.2, 0.25) is 0 Å². The van der Waals surface area contributed by atoms with E-state index in [9.17, 15) is 31.5 Å². The fraction of sp³-hybridized carbons (Fsp3) is 0.714. The van der Waals surface area contributed by atoms with Crippen LogP contribution < -0.4 is 4.74 Å². The summed E-state index contributed by atoms with van der Waals surface area (Å²) in [4.78, 5) is 23.1. The van der Waals surface area contributed by atoms with Gasteiger partial charge in [0.15, 0.2) is 0 Å². The molecule has 0 heterocycles. The molecule has 0 atom stereocenters. The van der Waals surface area contributed by atoms with E-state index in [1.165, 1.54) is 0 Å². The Hall–Kier alpha value is -2.43. The number of esters is 2. The molecule has 0 aliphatic carbocycles. The van der Waals surface area contributed by atoms with Gasteiger partial charge in [-0.25, -0.2) is 13.2 Å². The van der Waals surface area contributed by atoms with Crippen LogP contribution in [-0.2, 0) is 42.7 Å². The molecule has 43 heavy (non-hydrogen) atoms. The molecule has 0 saturated heterocycles. The average Bonchev–Trinajstić information content (AvgIpc) is 3.00. The van der Waals surface area contributed by atoms with Gasteiger partial charge in [0.2, 0.25) is 34.8 Å². The van der Waals surface area contributed by atoms with Crippen LogP contribution in [0.3, 0.4) is 0 Å². The van der Waals surface area contributed by atoms with E-state index in [0.29, 0.717) is 59.3 Å². The third kappa shape index (κ3) is 18.1. The summed E-state index contributed by atoms with van der Waals surface area (Å²) in [6.45, 7) is 5.57. The number of unbranched alkanes of at least 4 members (excludes halogenated alkanes) is 3. The lowest BCUT2D eigenvalue weighted by atomic mass is 10.2. The lowest BCUT2D eigenvalue weighted by Crippen LogP contribution is -2.16.